The van der Waals surface area contributed by atoms with Gasteiger partial charge in [-0.2, -0.15) is 0 Å². The number of carbonyl (C=O) groups excluding carboxylic acids is 1. The molecule has 4 aromatic rings. The van der Waals surface area contributed by atoms with Crippen LogP contribution in [0.25, 0.3) is 21.0 Å². The summed E-state index contributed by atoms with van der Waals surface area (Å²) < 4.78 is 12.5. The Morgan fingerprint density at radius 1 is 1.08 bits per heavy atom. The van der Waals surface area contributed by atoms with Gasteiger partial charge in [0.2, 0.25) is 5.88 Å². The van der Waals surface area contributed by atoms with Gasteiger partial charge in [-0.1, -0.05) is 28.7 Å². The van der Waals surface area contributed by atoms with Crippen LogP contribution in [0, 0.1) is 0 Å². The van der Waals surface area contributed by atoms with Crippen molar-refractivity contribution < 1.29 is 14.3 Å². The number of pyridine rings is 1. The van der Waals surface area contributed by atoms with Crippen LogP contribution < -0.4 is 14.4 Å². The fourth-order valence-corrected chi connectivity index (χ4v) is 5.44. The summed E-state index contributed by atoms with van der Waals surface area (Å²) in [6.07, 6.45) is 2.12. The van der Waals surface area contributed by atoms with Crippen LogP contribution in [-0.2, 0) is 4.79 Å². The Hall–Kier alpha value is -2.43. The average Bonchev–Trinajstić information content (AvgIpc) is 3.38. The SMILES string of the molecule is CC(I)C(=O)Oc1ccc2ccc(OCCCCN3CCN(c4cccc5sccc45)CC3)cc2n1. The highest BCUT2D eigenvalue weighted by atomic mass is 127. The van der Waals surface area contributed by atoms with E-state index in [4.69, 9.17) is 9.47 Å². The monoisotopic (exact) mass is 615 g/mol. The Morgan fingerprint density at radius 3 is 2.75 bits per heavy atom. The van der Waals surface area contributed by atoms with Crippen molar-refractivity contribution >= 4 is 66.6 Å². The zero-order valence-corrected chi connectivity index (χ0v) is 23.3. The zero-order chi connectivity index (χ0) is 24.9. The second kappa shape index (κ2) is 11.7. The number of thiophene rings is 1. The Bertz CT molecular complexity index is 1330. The van der Waals surface area contributed by atoms with Gasteiger partial charge in [0.1, 0.15) is 9.67 Å². The summed E-state index contributed by atoms with van der Waals surface area (Å²) in [4.78, 5) is 21.4. The molecule has 1 aliphatic heterocycles. The molecule has 36 heavy (non-hydrogen) atoms. The first-order valence-corrected chi connectivity index (χ1v) is 14.5. The van der Waals surface area contributed by atoms with Gasteiger partial charge in [0, 0.05) is 59.5 Å². The minimum absolute atomic E-state index is 0.222. The number of fused-ring (bicyclic) bond motifs is 2. The lowest BCUT2D eigenvalue weighted by Gasteiger charge is -2.36. The molecule has 0 N–H and O–H groups in total. The number of rotatable bonds is 9. The molecule has 3 heterocycles. The average molecular weight is 616 g/mol. The molecule has 1 atom stereocenters. The number of unbranched alkanes of at least 4 members (excludes halogenated alkanes) is 1. The van der Waals surface area contributed by atoms with E-state index in [2.05, 4.69) is 44.4 Å². The normalized spacial score (nSPS) is 15.3. The van der Waals surface area contributed by atoms with E-state index < -0.39 is 0 Å². The summed E-state index contributed by atoms with van der Waals surface area (Å²) in [5, 5.41) is 4.55. The van der Waals surface area contributed by atoms with Crippen LogP contribution in [0.5, 0.6) is 11.6 Å². The fraction of sp³-hybridized carbons (Fsp3) is 0.357. The van der Waals surface area contributed by atoms with Crippen molar-refractivity contribution in [3.8, 4) is 11.6 Å². The molecule has 0 aliphatic carbocycles. The number of ether oxygens (including phenoxy) is 2. The molecule has 2 aromatic heterocycles. The van der Waals surface area contributed by atoms with E-state index in [-0.39, 0.29) is 9.89 Å². The number of benzene rings is 2. The molecule has 0 spiro atoms. The van der Waals surface area contributed by atoms with Crippen molar-refractivity contribution in [2.45, 2.75) is 23.7 Å². The van der Waals surface area contributed by atoms with Crippen LogP contribution in [0.15, 0.2) is 60.0 Å². The lowest BCUT2D eigenvalue weighted by atomic mass is 10.2. The summed E-state index contributed by atoms with van der Waals surface area (Å²) in [6, 6.07) is 18.4. The van der Waals surface area contributed by atoms with Gasteiger partial charge < -0.3 is 14.4 Å². The highest BCUT2D eigenvalue weighted by Gasteiger charge is 2.18. The van der Waals surface area contributed by atoms with Gasteiger partial charge in [0.05, 0.1) is 12.1 Å². The molecule has 5 rings (SSSR count). The molecule has 1 fully saturated rings. The predicted molar refractivity (Wildman–Crippen MR) is 156 cm³/mol. The quantitative estimate of drug-likeness (QED) is 0.0974. The molecule has 0 bridgehead atoms. The number of aromatic nitrogens is 1. The molecule has 188 valence electrons. The van der Waals surface area contributed by atoms with E-state index in [0.29, 0.717) is 12.5 Å². The lowest BCUT2D eigenvalue weighted by Crippen LogP contribution is -2.46. The van der Waals surface area contributed by atoms with Crippen LogP contribution in [0.2, 0.25) is 0 Å². The highest BCUT2D eigenvalue weighted by Crippen LogP contribution is 2.31. The van der Waals surface area contributed by atoms with Crippen LogP contribution in [0.1, 0.15) is 19.8 Å². The number of piperazine rings is 1. The predicted octanol–water partition coefficient (Wildman–Crippen LogP) is 6.16. The summed E-state index contributed by atoms with van der Waals surface area (Å²) in [5.41, 5.74) is 2.13. The van der Waals surface area contributed by atoms with Gasteiger partial charge in [-0.15, -0.1) is 11.3 Å². The second-order valence-electron chi connectivity index (χ2n) is 9.03. The first-order valence-electron chi connectivity index (χ1n) is 12.4. The molecular weight excluding hydrogens is 585 g/mol. The van der Waals surface area contributed by atoms with Crippen LogP contribution in [0.3, 0.4) is 0 Å². The third-order valence-corrected chi connectivity index (χ3v) is 7.88. The van der Waals surface area contributed by atoms with Crippen molar-refractivity contribution in [1.82, 2.24) is 9.88 Å². The Labute approximate surface area is 229 Å². The lowest BCUT2D eigenvalue weighted by molar-refractivity contribution is -0.133. The first-order chi connectivity index (χ1) is 17.6. The third kappa shape index (κ3) is 6.10. The second-order valence-corrected chi connectivity index (χ2v) is 11.9. The van der Waals surface area contributed by atoms with Crippen LogP contribution in [-0.4, -0.2) is 59.1 Å². The van der Waals surface area contributed by atoms with E-state index in [1.54, 1.807) is 13.0 Å². The number of halogens is 1. The van der Waals surface area contributed by atoms with Crippen LogP contribution >= 0.6 is 33.9 Å². The maximum absolute atomic E-state index is 11.9. The molecule has 0 radical (unpaired) electrons. The molecule has 2 aromatic carbocycles. The molecule has 6 nitrogen and oxygen atoms in total. The number of anilines is 1. The zero-order valence-electron chi connectivity index (χ0n) is 20.4. The molecule has 1 aliphatic rings. The van der Waals surface area contributed by atoms with E-state index in [1.807, 2.05) is 58.2 Å². The Kier molecular flexibility index (Phi) is 8.23. The van der Waals surface area contributed by atoms with Crippen molar-refractivity contribution in [2.75, 3.05) is 44.2 Å². The van der Waals surface area contributed by atoms with Gasteiger partial charge >= 0.3 is 5.97 Å². The summed E-state index contributed by atoms with van der Waals surface area (Å²) in [6.45, 7) is 7.91. The number of nitrogens with zero attached hydrogens (tertiary/aromatic N) is 3. The summed E-state index contributed by atoms with van der Waals surface area (Å²) in [7, 11) is 0. The van der Waals surface area contributed by atoms with E-state index in [9.17, 15) is 4.79 Å². The molecule has 1 saturated heterocycles. The Balaban J connectivity index is 1.05. The molecular formula is C28H30IN3O3S. The number of hydrogen-bond acceptors (Lipinski definition) is 7. The highest BCUT2D eigenvalue weighted by molar-refractivity contribution is 14.1. The minimum atomic E-state index is -0.295. The maximum atomic E-state index is 11.9. The van der Waals surface area contributed by atoms with Crippen molar-refractivity contribution in [3.63, 3.8) is 0 Å². The standard InChI is InChI=1S/C28H30IN3O3S/c1-20(29)28(33)35-27-10-8-21-7-9-22(19-24(21)30-27)34-17-3-2-12-31-13-15-32(16-14-31)25-5-4-6-26-23(25)11-18-36-26/h4-11,18-20H,2-3,12-17H2,1H3. The smallest absolute Gasteiger partial charge is 0.325 e. The molecule has 8 heteroatoms. The van der Waals surface area contributed by atoms with Gasteiger partial charge in [-0.05, 0) is 68.1 Å². The summed E-state index contributed by atoms with van der Waals surface area (Å²) >= 11 is 3.85. The Morgan fingerprint density at radius 2 is 1.92 bits per heavy atom. The van der Waals surface area contributed by atoms with Crippen LogP contribution in [0.4, 0.5) is 5.69 Å². The van der Waals surface area contributed by atoms with E-state index in [1.165, 1.54) is 15.8 Å². The van der Waals surface area contributed by atoms with E-state index in [0.717, 1.165) is 62.2 Å². The third-order valence-electron chi connectivity index (χ3n) is 6.49. The molecule has 1 unspecified atom stereocenters. The number of alkyl halides is 1. The van der Waals surface area contributed by atoms with Crippen molar-refractivity contribution in [1.29, 1.82) is 0 Å². The van der Waals surface area contributed by atoms with Gasteiger partial charge in [-0.3, -0.25) is 9.69 Å². The van der Waals surface area contributed by atoms with E-state index >= 15 is 0 Å². The van der Waals surface area contributed by atoms with Gasteiger partial charge in [0.25, 0.3) is 0 Å². The summed E-state index contributed by atoms with van der Waals surface area (Å²) in [5.74, 6) is 0.813. The topological polar surface area (TPSA) is 54.9 Å². The maximum Gasteiger partial charge on any atom is 0.325 e. The first kappa shape index (κ1) is 25.2. The molecule has 0 amide bonds. The van der Waals surface area contributed by atoms with Crippen molar-refractivity contribution in [3.05, 3.63) is 60.0 Å². The number of esters is 1. The number of hydrogen-bond donors (Lipinski definition) is 0. The largest absolute Gasteiger partial charge is 0.494 e. The molecule has 0 saturated carbocycles. The van der Waals surface area contributed by atoms with Gasteiger partial charge in [-0.25, -0.2) is 4.98 Å². The fourth-order valence-electron chi connectivity index (χ4n) is 4.50. The van der Waals surface area contributed by atoms with Gasteiger partial charge in [0.15, 0.2) is 0 Å². The van der Waals surface area contributed by atoms with Crippen molar-refractivity contribution in [2.24, 2.45) is 0 Å². The minimum Gasteiger partial charge on any atom is -0.494 e. The number of carbonyl (C=O) groups is 1.